The molecule has 1 fully saturated rings. The Hall–Kier alpha value is -1.80. The van der Waals surface area contributed by atoms with Gasteiger partial charge in [0.05, 0.1) is 10.6 Å². The van der Waals surface area contributed by atoms with Crippen LogP contribution in [0.1, 0.15) is 22.3 Å². The SMILES string of the molecule is CN=C(NCCNC(=O)c1ccccc1Cl)N1CCC(Cc2ccccc2)C1.I. The number of benzene rings is 2. The summed E-state index contributed by atoms with van der Waals surface area (Å²) in [5.41, 5.74) is 1.89. The summed E-state index contributed by atoms with van der Waals surface area (Å²) in [5, 5.41) is 6.70. The van der Waals surface area contributed by atoms with E-state index in [4.69, 9.17) is 11.6 Å². The van der Waals surface area contributed by atoms with Gasteiger partial charge in [-0.3, -0.25) is 9.79 Å². The van der Waals surface area contributed by atoms with Crippen LogP contribution >= 0.6 is 35.6 Å². The lowest BCUT2D eigenvalue weighted by atomic mass is 9.99. The molecule has 1 heterocycles. The number of aliphatic imine (C=N–C) groups is 1. The van der Waals surface area contributed by atoms with E-state index in [1.54, 1.807) is 25.2 Å². The van der Waals surface area contributed by atoms with E-state index in [2.05, 4.69) is 50.9 Å². The topological polar surface area (TPSA) is 56.7 Å². The molecule has 1 amide bonds. The molecule has 2 aromatic rings. The van der Waals surface area contributed by atoms with Crippen LogP contribution in [0.5, 0.6) is 0 Å². The normalized spacial score (nSPS) is 16.3. The van der Waals surface area contributed by atoms with Gasteiger partial charge in [-0.15, -0.1) is 24.0 Å². The molecule has 0 spiro atoms. The van der Waals surface area contributed by atoms with Gasteiger partial charge in [-0.25, -0.2) is 0 Å². The monoisotopic (exact) mass is 526 g/mol. The minimum absolute atomic E-state index is 0. The van der Waals surface area contributed by atoms with Crippen LogP contribution in [0.25, 0.3) is 0 Å². The second-order valence-corrected chi connectivity index (χ2v) is 7.41. The van der Waals surface area contributed by atoms with Crippen LogP contribution < -0.4 is 10.6 Å². The smallest absolute Gasteiger partial charge is 0.252 e. The average Bonchev–Trinajstić information content (AvgIpc) is 3.17. The highest BCUT2D eigenvalue weighted by molar-refractivity contribution is 14.0. The standard InChI is InChI=1S/C22H27ClN4O.HI/c1-24-22(26-13-12-25-21(28)19-9-5-6-10-20(19)23)27-14-11-18(16-27)15-17-7-3-2-4-8-17;/h2-10,18H,11-16H2,1H3,(H,24,26)(H,25,28);1H. The number of amides is 1. The third-order valence-electron chi connectivity index (χ3n) is 4.98. The summed E-state index contributed by atoms with van der Waals surface area (Å²) in [6.45, 7) is 3.12. The quantitative estimate of drug-likeness (QED) is 0.260. The Morgan fingerprint density at radius 2 is 1.79 bits per heavy atom. The Labute approximate surface area is 194 Å². The highest BCUT2D eigenvalue weighted by atomic mass is 127. The van der Waals surface area contributed by atoms with Crippen molar-refractivity contribution in [3.63, 3.8) is 0 Å². The Bertz CT molecular complexity index is 815. The Morgan fingerprint density at radius 1 is 1.10 bits per heavy atom. The predicted octanol–water partition coefficient (Wildman–Crippen LogP) is 3.83. The van der Waals surface area contributed by atoms with E-state index in [0.717, 1.165) is 25.5 Å². The lowest BCUT2D eigenvalue weighted by Gasteiger charge is -2.22. The number of nitrogens with one attached hydrogen (secondary N) is 2. The minimum Gasteiger partial charge on any atom is -0.354 e. The van der Waals surface area contributed by atoms with Gasteiger partial charge in [0.25, 0.3) is 5.91 Å². The Kier molecular flexibility index (Phi) is 9.73. The maximum atomic E-state index is 12.2. The summed E-state index contributed by atoms with van der Waals surface area (Å²) in [4.78, 5) is 18.9. The molecule has 1 unspecified atom stereocenters. The molecule has 29 heavy (non-hydrogen) atoms. The van der Waals surface area contributed by atoms with E-state index in [9.17, 15) is 4.79 Å². The van der Waals surface area contributed by atoms with Crippen molar-refractivity contribution in [1.82, 2.24) is 15.5 Å². The summed E-state index contributed by atoms with van der Waals surface area (Å²) in [6.07, 6.45) is 2.26. The number of hydrogen-bond donors (Lipinski definition) is 2. The van der Waals surface area contributed by atoms with E-state index in [0.29, 0.717) is 29.6 Å². The lowest BCUT2D eigenvalue weighted by molar-refractivity contribution is 0.0954. The van der Waals surface area contributed by atoms with Gasteiger partial charge in [-0.2, -0.15) is 0 Å². The average molecular weight is 527 g/mol. The fraction of sp³-hybridized carbons (Fsp3) is 0.364. The van der Waals surface area contributed by atoms with Crippen molar-refractivity contribution in [2.24, 2.45) is 10.9 Å². The molecular formula is C22H28ClIN4O. The maximum Gasteiger partial charge on any atom is 0.252 e. The van der Waals surface area contributed by atoms with Crippen molar-refractivity contribution in [2.75, 3.05) is 33.2 Å². The van der Waals surface area contributed by atoms with Crippen molar-refractivity contribution >= 4 is 47.4 Å². The van der Waals surface area contributed by atoms with Crippen molar-refractivity contribution in [3.05, 3.63) is 70.7 Å². The van der Waals surface area contributed by atoms with Crippen molar-refractivity contribution in [1.29, 1.82) is 0 Å². The molecule has 2 N–H and O–H groups in total. The second-order valence-electron chi connectivity index (χ2n) is 7.00. The fourth-order valence-electron chi connectivity index (χ4n) is 3.56. The number of guanidine groups is 1. The first kappa shape index (κ1) is 23.5. The van der Waals surface area contributed by atoms with E-state index >= 15 is 0 Å². The molecule has 5 nitrogen and oxygen atoms in total. The zero-order valence-electron chi connectivity index (χ0n) is 16.6. The van der Waals surface area contributed by atoms with Crippen molar-refractivity contribution in [3.8, 4) is 0 Å². The van der Waals surface area contributed by atoms with Gasteiger partial charge in [0, 0.05) is 33.2 Å². The Morgan fingerprint density at radius 3 is 2.52 bits per heavy atom. The van der Waals surface area contributed by atoms with Crippen LogP contribution in [0.15, 0.2) is 59.6 Å². The number of rotatable bonds is 6. The number of carbonyl (C=O) groups is 1. The van der Waals surface area contributed by atoms with Crippen LogP contribution in [0, 0.1) is 5.92 Å². The molecule has 2 aromatic carbocycles. The fourth-order valence-corrected chi connectivity index (χ4v) is 3.78. The first-order valence-corrected chi connectivity index (χ1v) is 10.1. The van der Waals surface area contributed by atoms with Crippen molar-refractivity contribution in [2.45, 2.75) is 12.8 Å². The van der Waals surface area contributed by atoms with Gasteiger partial charge in [-0.1, -0.05) is 54.1 Å². The van der Waals surface area contributed by atoms with Gasteiger partial charge >= 0.3 is 0 Å². The number of likely N-dealkylation sites (tertiary alicyclic amines) is 1. The number of nitrogens with zero attached hydrogens (tertiary/aromatic N) is 2. The predicted molar refractivity (Wildman–Crippen MR) is 130 cm³/mol. The van der Waals surface area contributed by atoms with Crippen LogP contribution in [0.4, 0.5) is 0 Å². The van der Waals surface area contributed by atoms with Gasteiger partial charge in [0.15, 0.2) is 5.96 Å². The number of hydrogen-bond acceptors (Lipinski definition) is 2. The van der Waals surface area contributed by atoms with Gasteiger partial charge in [0.1, 0.15) is 0 Å². The third kappa shape index (κ3) is 6.89. The highest BCUT2D eigenvalue weighted by Gasteiger charge is 2.24. The highest BCUT2D eigenvalue weighted by Crippen LogP contribution is 2.20. The molecule has 0 radical (unpaired) electrons. The van der Waals surface area contributed by atoms with E-state index in [1.807, 2.05) is 6.07 Å². The lowest BCUT2D eigenvalue weighted by Crippen LogP contribution is -2.43. The largest absolute Gasteiger partial charge is 0.354 e. The zero-order chi connectivity index (χ0) is 19.8. The molecule has 1 saturated heterocycles. The van der Waals surface area contributed by atoms with Gasteiger partial charge in [-0.05, 0) is 36.5 Å². The Balaban J connectivity index is 0.00000300. The molecule has 0 saturated carbocycles. The first-order valence-electron chi connectivity index (χ1n) is 9.69. The molecule has 156 valence electrons. The molecule has 1 aliphatic rings. The summed E-state index contributed by atoms with van der Waals surface area (Å²) in [5.74, 6) is 1.37. The van der Waals surface area contributed by atoms with E-state index in [-0.39, 0.29) is 29.9 Å². The van der Waals surface area contributed by atoms with Crippen LogP contribution in [-0.4, -0.2) is 50.0 Å². The van der Waals surface area contributed by atoms with Crippen LogP contribution in [-0.2, 0) is 6.42 Å². The van der Waals surface area contributed by atoms with Crippen LogP contribution in [0.3, 0.4) is 0 Å². The number of carbonyl (C=O) groups excluding carboxylic acids is 1. The molecule has 7 heteroatoms. The molecule has 0 aliphatic carbocycles. The molecule has 0 bridgehead atoms. The van der Waals surface area contributed by atoms with Crippen LogP contribution in [0.2, 0.25) is 5.02 Å². The van der Waals surface area contributed by atoms with E-state index < -0.39 is 0 Å². The number of halogens is 2. The maximum absolute atomic E-state index is 12.2. The minimum atomic E-state index is -0.161. The zero-order valence-corrected chi connectivity index (χ0v) is 19.7. The van der Waals surface area contributed by atoms with E-state index in [1.165, 1.54) is 12.0 Å². The van der Waals surface area contributed by atoms with Gasteiger partial charge < -0.3 is 15.5 Å². The molecule has 1 aliphatic heterocycles. The van der Waals surface area contributed by atoms with Gasteiger partial charge in [0.2, 0.25) is 0 Å². The molecule has 1 atom stereocenters. The summed E-state index contributed by atoms with van der Waals surface area (Å²) >= 11 is 6.06. The molecule has 3 rings (SSSR count). The molecular weight excluding hydrogens is 499 g/mol. The summed E-state index contributed by atoms with van der Waals surface area (Å²) in [7, 11) is 1.80. The summed E-state index contributed by atoms with van der Waals surface area (Å²) in [6, 6.07) is 17.7. The molecule has 0 aromatic heterocycles. The summed E-state index contributed by atoms with van der Waals surface area (Å²) < 4.78 is 0. The first-order chi connectivity index (χ1) is 13.7. The second kappa shape index (κ2) is 12.0. The van der Waals surface area contributed by atoms with Crippen molar-refractivity contribution < 1.29 is 4.79 Å². The third-order valence-corrected chi connectivity index (χ3v) is 5.31.